The highest BCUT2D eigenvalue weighted by atomic mass is 32.1. The van der Waals surface area contributed by atoms with Crippen molar-refractivity contribution in [3.05, 3.63) is 0 Å². The molecule has 0 saturated heterocycles. The molecule has 16 heavy (non-hydrogen) atoms. The predicted octanol–water partition coefficient (Wildman–Crippen LogP) is 5.72. The van der Waals surface area contributed by atoms with Gasteiger partial charge in [0.1, 0.15) is 0 Å². The fourth-order valence-corrected chi connectivity index (χ4v) is 3.60. The summed E-state index contributed by atoms with van der Waals surface area (Å²) in [4.78, 5) is 0. The summed E-state index contributed by atoms with van der Waals surface area (Å²) in [6, 6.07) is 0. The molecule has 1 heteroatoms. The number of hydrogen-bond donors (Lipinski definition) is 1. The van der Waals surface area contributed by atoms with Crippen molar-refractivity contribution in [3.63, 3.8) is 0 Å². The van der Waals surface area contributed by atoms with Crippen molar-refractivity contribution in [1.29, 1.82) is 0 Å². The van der Waals surface area contributed by atoms with Crippen molar-refractivity contribution >= 4 is 12.6 Å². The number of thiol groups is 1. The first kappa shape index (κ1) is 16.4. The molecule has 0 spiro atoms. The highest BCUT2D eigenvalue weighted by Crippen LogP contribution is 2.51. The third-order valence-electron chi connectivity index (χ3n) is 4.11. The van der Waals surface area contributed by atoms with Gasteiger partial charge in [-0.15, -0.1) is 0 Å². The van der Waals surface area contributed by atoms with Crippen LogP contribution in [0.1, 0.15) is 80.6 Å². The average molecular weight is 244 g/mol. The molecule has 0 aromatic rings. The maximum atomic E-state index is 4.72. The zero-order valence-electron chi connectivity index (χ0n) is 12.5. The minimum Gasteiger partial charge on any atom is -0.173 e. The van der Waals surface area contributed by atoms with E-state index in [1.165, 1.54) is 32.1 Å². The van der Waals surface area contributed by atoms with E-state index in [-0.39, 0.29) is 4.75 Å². The normalized spacial score (nSPS) is 14.2. The first-order chi connectivity index (χ1) is 7.08. The Morgan fingerprint density at radius 3 is 1.44 bits per heavy atom. The summed E-state index contributed by atoms with van der Waals surface area (Å²) in [5.41, 5.74) is 0.820. The standard InChI is InChI=1S/C15H32S/c1-8-10-15(7,11-9-2)13(3,4)12-14(5,6)16/h16H,8-12H2,1-7H3. The van der Waals surface area contributed by atoms with Crippen molar-refractivity contribution in [3.8, 4) is 0 Å². The lowest BCUT2D eigenvalue weighted by Crippen LogP contribution is -2.39. The SMILES string of the molecule is CCCC(C)(CCC)C(C)(C)CC(C)(C)S. The monoisotopic (exact) mass is 244 g/mol. The van der Waals surface area contributed by atoms with Crippen LogP contribution in [0.5, 0.6) is 0 Å². The third kappa shape index (κ3) is 4.69. The lowest BCUT2D eigenvalue weighted by molar-refractivity contribution is 0.0487. The molecule has 0 aromatic heterocycles. The second kappa shape index (κ2) is 5.80. The molecule has 0 aliphatic heterocycles. The van der Waals surface area contributed by atoms with Gasteiger partial charge in [-0.25, -0.2) is 0 Å². The summed E-state index contributed by atoms with van der Waals surface area (Å²) < 4.78 is 0.131. The number of rotatable bonds is 7. The molecular formula is C15H32S. The maximum absolute atomic E-state index is 4.72. The van der Waals surface area contributed by atoms with Crippen LogP contribution in [0.2, 0.25) is 0 Å². The Bertz CT molecular complexity index is 192. The van der Waals surface area contributed by atoms with Crippen LogP contribution >= 0.6 is 12.6 Å². The van der Waals surface area contributed by atoms with E-state index in [1.807, 2.05) is 0 Å². The lowest BCUT2D eigenvalue weighted by Gasteiger charge is -2.47. The highest BCUT2D eigenvalue weighted by molar-refractivity contribution is 7.81. The Morgan fingerprint density at radius 1 is 0.812 bits per heavy atom. The van der Waals surface area contributed by atoms with Gasteiger partial charge < -0.3 is 0 Å². The highest BCUT2D eigenvalue weighted by Gasteiger charge is 2.41. The van der Waals surface area contributed by atoms with Crippen LogP contribution in [-0.4, -0.2) is 4.75 Å². The Hall–Kier alpha value is 0.350. The Morgan fingerprint density at radius 2 is 1.19 bits per heavy atom. The quantitative estimate of drug-likeness (QED) is 0.544. The second-order valence-electron chi connectivity index (χ2n) is 6.93. The summed E-state index contributed by atoms with van der Waals surface area (Å²) in [5, 5.41) is 0. The fourth-order valence-electron chi connectivity index (χ4n) is 3.20. The van der Waals surface area contributed by atoms with E-state index in [9.17, 15) is 0 Å². The van der Waals surface area contributed by atoms with Gasteiger partial charge in [-0.2, -0.15) is 12.6 Å². The number of hydrogen-bond acceptors (Lipinski definition) is 1. The molecule has 0 unspecified atom stereocenters. The third-order valence-corrected chi connectivity index (χ3v) is 4.27. The van der Waals surface area contributed by atoms with Crippen LogP contribution in [0, 0.1) is 10.8 Å². The van der Waals surface area contributed by atoms with Gasteiger partial charge in [0.05, 0.1) is 0 Å². The van der Waals surface area contributed by atoms with Crippen molar-refractivity contribution in [2.45, 2.75) is 85.3 Å². The zero-order valence-corrected chi connectivity index (χ0v) is 13.4. The van der Waals surface area contributed by atoms with Crippen molar-refractivity contribution < 1.29 is 0 Å². The second-order valence-corrected chi connectivity index (χ2v) is 8.14. The van der Waals surface area contributed by atoms with Crippen LogP contribution in [0.3, 0.4) is 0 Å². The summed E-state index contributed by atoms with van der Waals surface area (Å²) in [7, 11) is 0. The van der Waals surface area contributed by atoms with Gasteiger partial charge >= 0.3 is 0 Å². The van der Waals surface area contributed by atoms with E-state index in [0.29, 0.717) is 10.8 Å². The molecule has 0 saturated carbocycles. The van der Waals surface area contributed by atoms with E-state index in [1.54, 1.807) is 0 Å². The van der Waals surface area contributed by atoms with E-state index >= 15 is 0 Å². The topological polar surface area (TPSA) is 0 Å². The molecule has 0 heterocycles. The van der Waals surface area contributed by atoms with Gasteiger partial charge in [-0.05, 0) is 30.1 Å². The molecule has 98 valence electrons. The molecule has 0 aliphatic carbocycles. The molecule has 0 N–H and O–H groups in total. The summed E-state index contributed by atoms with van der Waals surface area (Å²) in [6.45, 7) is 16.4. The fraction of sp³-hybridized carbons (Fsp3) is 1.00. The largest absolute Gasteiger partial charge is 0.173 e. The molecular weight excluding hydrogens is 212 g/mol. The van der Waals surface area contributed by atoms with Crippen LogP contribution < -0.4 is 0 Å². The van der Waals surface area contributed by atoms with E-state index < -0.39 is 0 Å². The molecule has 0 rings (SSSR count). The zero-order chi connectivity index (χ0) is 13.0. The van der Waals surface area contributed by atoms with E-state index in [4.69, 9.17) is 12.6 Å². The lowest BCUT2D eigenvalue weighted by atomic mass is 9.59. The maximum Gasteiger partial charge on any atom is 0.00784 e. The summed E-state index contributed by atoms with van der Waals surface area (Å²) in [5.74, 6) is 0. The Labute approximate surface area is 109 Å². The van der Waals surface area contributed by atoms with Crippen molar-refractivity contribution in [2.75, 3.05) is 0 Å². The first-order valence-electron chi connectivity index (χ1n) is 6.80. The summed E-state index contributed by atoms with van der Waals surface area (Å²) >= 11 is 4.72. The van der Waals surface area contributed by atoms with Gasteiger partial charge in [-0.1, -0.05) is 61.3 Å². The molecule has 0 aromatic carbocycles. The molecule has 0 nitrogen and oxygen atoms in total. The van der Waals surface area contributed by atoms with Gasteiger partial charge in [0.15, 0.2) is 0 Å². The van der Waals surface area contributed by atoms with Gasteiger partial charge in [0, 0.05) is 4.75 Å². The minimum atomic E-state index is 0.131. The van der Waals surface area contributed by atoms with Crippen LogP contribution in [-0.2, 0) is 0 Å². The van der Waals surface area contributed by atoms with Crippen LogP contribution in [0.25, 0.3) is 0 Å². The van der Waals surface area contributed by atoms with Crippen LogP contribution in [0.4, 0.5) is 0 Å². The molecule has 0 amide bonds. The predicted molar refractivity (Wildman–Crippen MR) is 79.4 cm³/mol. The smallest absolute Gasteiger partial charge is 0.00784 e. The molecule has 0 radical (unpaired) electrons. The average Bonchev–Trinajstić information content (AvgIpc) is 1.99. The van der Waals surface area contributed by atoms with Crippen LogP contribution in [0.15, 0.2) is 0 Å². The molecule has 0 fully saturated rings. The van der Waals surface area contributed by atoms with E-state index in [0.717, 1.165) is 0 Å². The molecule has 0 bridgehead atoms. The Balaban J connectivity index is 4.88. The van der Waals surface area contributed by atoms with Gasteiger partial charge in [0.25, 0.3) is 0 Å². The van der Waals surface area contributed by atoms with E-state index in [2.05, 4.69) is 48.5 Å². The minimum absolute atomic E-state index is 0.131. The first-order valence-corrected chi connectivity index (χ1v) is 7.25. The van der Waals surface area contributed by atoms with Gasteiger partial charge in [-0.3, -0.25) is 0 Å². The Kier molecular flexibility index (Phi) is 5.92. The van der Waals surface area contributed by atoms with Gasteiger partial charge in [0.2, 0.25) is 0 Å². The molecule has 0 atom stereocenters. The molecule has 0 aliphatic rings. The van der Waals surface area contributed by atoms with Crippen molar-refractivity contribution in [2.24, 2.45) is 10.8 Å². The summed E-state index contributed by atoms with van der Waals surface area (Å²) in [6.07, 6.45) is 6.41. The van der Waals surface area contributed by atoms with Crippen molar-refractivity contribution in [1.82, 2.24) is 0 Å².